The van der Waals surface area contributed by atoms with Gasteiger partial charge in [0.1, 0.15) is 11.7 Å². The first kappa shape index (κ1) is 27.7. The average molecular weight is 564 g/mol. The lowest BCUT2D eigenvalue weighted by atomic mass is 10.0. The number of anilines is 1. The summed E-state index contributed by atoms with van der Waals surface area (Å²) in [7, 11) is -3.83. The van der Waals surface area contributed by atoms with Crippen LogP contribution in [0.3, 0.4) is 0 Å². The van der Waals surface area contributed by atoms with Crippen LogP contribution in [-0.4, -0.2) is 66.7 Å². The van der Waals surface area contributed by atoms with Crippen LogP contribution in [0.5, 0.6) is 0 Å². The van der Waals surface area contributed by atoms with E-state index in [-0.39, 0.29) is 40.3 Å². The summed E-state index contributed by atoms with van der Waals surface area (Å²) in [6.07, 6.45) is 0.410. The van der Waals surface area contributed by atoms with Crippen molar-refractivity contribution in [2.75, 3.05) is 25.2 Å². The highest BCUT2D eigenvalue weighted by Crippen LogP contribution is 2.37. The second-order valence-corrected chi connectivity index (χ2v) is 12.6. The quantitative estimate of drug-likeness (QED) is 0.465. The molecule has 0 saturated carbocycles. The predicted octanol–water partition coefficient (Wildman–Crippen LogP) is 1.44. The zero-order valence-electron chi connectivity index (χ0n) is 21.4. The minimum absolute atomic E-state index is 0.0268. The van der Waals surface area contributed by atoms with Crippen LogP contribution in [0.15, 0.2) is 29.2 Å². The maximum Gasteiger partial charge on any atom is 0.272 e. The Labute approximate surface area is 224 Å². The van der Waals surface area contributed by atoms with Crippen LogP contribution in [0, 0.1) is 0 Å². The summed E-state index contributed by atoms with van der Waals surface area (Å²) in [5.74, 6) is -1.71. The second kappa shape index (κ2) is 10.4. The number of hydrazine groups is 1. The van der Waals surface area contributed by atoms with Gasteiger partial charge in [0.15, 0.2) is 0 Å². The third-order valence-corrected chi connectivity index (χ3v) is 9.53. The Bertz CT molecular complexity index is 1400. The van der Waals surface area contributed by atoms with E-state index in [1.54, 1.807) is 18.7 Å². The molecule has 38 heavy (non-hydrogen) atoms. The molecule has 2 aliphatic heterocycles. The van der Waals surface area contributed by atoms with Crippen molar-refractivity contribution in [1.82, 2.24) is 20.1 Å². The Morgan fingerprint density at radius 1 is 1.03 bits per heavy atom. The summed E-state index contributed by atoms with van der Waals surface area (Å²) in [5, 5.41) is 3.01. The fourth-order valence-corrected chi connectivity index (χ4v) is 7.22. The van der Waals surface area contributed by atoms with E-state index in [0.29, 0.717) is 25.1 Å². The second-order valence-electron chi connectivity index (χ2n) is 9.66. The first-order valence-electron chi connectivity index (χ1n) is 11.8. The van der Waals surface area contributed by atoms with E-state index in [2.05, 4.69) is 16.2 Å². The van der Waals surface area contributed by atoms with Gasteiger partial charge in [-0.3, -0.25) is 30.0 Å². The van der Waals surface area contributed by atoms with E-state index in [0.717, 1.165) is 4.88 Å². The number of hydrogen-bond donors (Lipinski definition) is 3. The molecule has 14 heteroatoms. The van der Waals surface area contributed by atoms with Gasteiger partial charge < -0.3 is 15.0 Å². The van der Waals surface area contributed by atoms with Gasteiger partial charge in [-0.1, -0.05) is 0 Å². The molecular weight excluding hydrogens is 534 g/mol. The highest BCUT2D eigenvalue weighted by molar-refractivity contribution is 7.89. The standard InChI is InChI=1S/C24H29N5O7S2/c1-14(30)26-27-22(33)20-18-9-10-28(15(2)31)11-19(18)37-23(20)25-21(32)16-5-7-17(8-6-16)38(34,35)29-13-36-12-24(29,3)4/h5-8H,9-13H2,1-4H3,(H,25,32)(H,26,30)(H,27,33). The molecule has 204 valence electrons. The Kier molecular flexibility index (Phi) is 7.61. The number of fused-ring (bicyclic) bond motifs is 1. The van der Waals surface area contributed by atoms with Crippen LogP contribution >= 0.6 is 11.3 Å². The van der Waals surface area contributed by atoms with E-state index < -0.39 is 33.3 Å². The summed E-state index contributed by atoms with van der Waals surface area (Å²) < 4.78 is 32.8. The molecule has 2 aliphatic rings. The van der Waals surface area contributed by atoms with Crippen LogP contribution in [-0.2, 0) is 37.3 Å². The molecule has 4 rings (SSSR count). The van der Waals surface area contributed by atoms with Crippen molar-refractivity contribution in [1.29, 1.82) is 0 Å². The first-order valence-corrected chi connectivity index (χ1v) is 14.1. The largest absolute Gasteiger partial charge is 0.363 e. The zero-order valence-corrected chi connectivity index (χ0v) is 23.0. The molecule has 4 amide bonds. The van der Waals surface area contributed by atoms with E-state index >= 15 is 0 Å². The molecule has 0 unspecified atom stereocenters. The number of hydrogen-bond acceptors (Lipinski definition) is 8. The van der Waals surface area contributed by atoms with Crippen LogP contribution in [0.25, 0.3) is 0 Å². The van der Waals surface area contributed by atoms with Gasteiger partial charge in [0.05, 0.1) is 29.1 Å². The number of rotatable bonds is 5. The van der Waals surface area contributed by atoms with Crippen LogP contribution in [0.1, 0.15) is 58.9 Å². The molecule has 1 saturated heterocycles. The van der Waals surface area contributed by atoms with Crippen LogP contribution in [0.2, 0.25) is 0 Å². The van der Waals surface area contributed by atoms with E-state index in [1.165, 1.54) is 53.8 Å². The molecular formula is C24H29N5O7S2. The van der Waals surface area contributed by atoms with Crippen molar-refractivity contribution in [3.63, 3.8) is 0 Å². The monoisotopic (exact) mass is 563 g/mol. The third-order valence-electron chi connectivity index (χ3n) is 6.35. The van der Waals surface area contributed by atoms with Gasteiger partial charge in [0.2, 0.25) is 21.8 Å². The lowest BCUT2D eigenvalue weighted by Crippen LogP contribution is -2.44. The topological polar surface area (TPSA) is 154 Å². The molecule has 2 aromatic rings. The molecule has 0 bridgehead atoms. The molecule has 0 atom stereocenters. The Morgan fingerprint density at radius 3 is 2.29 bits per heavy atom. The van der Waals surface area contributed by atoms with Crippen molar-refractivity contribution in [2.24, 2.45) is 0 Å². The summed E-state index contributed by atoms with van der Waals surface area (Å²) in [4.78, 5) is 51.6. The number of amides is 4. The number of benzene rings is 1. The number of nitrogens with zero attached hydrogens (tertiary/aromatic N) is 2. The fraction of sp³-hybridized carbons (Fsp3) is 0.417. The van der Waals surface area contributed by atoms with E-state index in [4.69, 9.17) is 4.74 Å². The molecule has 0 spiro atoms. The zero-order chi connectivity index (χ0) is 27.8. The molecule has 1 aromatic heterocycles. The lowest BCUT2D eigenvalue weighted by molar-refractivity contribution is -0.129. The van der Waals surface area contributed by atoms with Gasteiger partial charge in [-0.15, -0.1) is 11.3 Å². The molecule has 3 heterocycles. The molecule has 12 nitrogen and oxygen atoms in total. The van der Waals surface area contributed by atoms with E-state index in [1.807, 2.05) is 0 Å². The number of sulfonamides is 1. The van der Waals surface area contributed by atoms with Gasteiger partial charge in [-0.05, 0) is 50.1 Å². The maximum atomic E-state index is 13.1. The summed E-state index contributed by atoms with van der Waals surface area (Å²) >= 11 is 1.18. The van der Waals surface area contributed by atoms with Crippen molar-refractivity contribution in [2.45, 2.75) is 51.1 Å². The summed E-state index contributed by atoms with van der Waals surface area (Å²) in [6, 6.07) is 5.50. The van der Waals surface area contributed by atoms with Crippen LogP contribution < -0.4 is 16.2 Å². The summed E-state index contributed by atoms with van der Waals surface area (Å²) in [5.41, 5.74) is 4.98. The Morgan fingerprint density at radius 2 is 1.71 bits per heavy atom. The van der Waals surface area contributed by atoms with Crippen molar-refractivity contribution < 1.29 is 32.3 Å². The molecule has 3 N–H and O–H groups in total. The van der Waals surface area contributed by atoms with Gasteiger partial charge in [0, 0.05) is 30.8 Å². The van der Waals surface area contributed by atoms with Crippen molar-refractivity contribution in [3.8, 4) is 0 Å². The van der Waals surface area contributed by atoms with Gasteiger partial charge >= 0.3 is 0 Å². The van der Waals surface area contributed by atoms with Gasteiger partial charge in [0.25, 0.3) is 11.8 Å². The summed E-state index contributed by atoms with van der Waals surface area (Å²) in [6.45, 7) is 7.21. The number of nitrogens with one attached hydrogen (secondary N) is 3. The van der Waals surface area contributed by atoms with Gasteiger partial charge in [-0.25, -0.2) is 8.42 Å². The number of carbonyl (C=O) groups is 4. The van der Waals surface area contributed by atoms with E-state index in [9.17, 15) is 27.6 Å². The predicted molar refractivity (Wildman–Crippen MR) is 139 cm³/mol. The SMILES string of the molecule is CC(=O)NNC(=O)c1c(NC(=O)c2ccc(S(=O)(=O)N3COCC3(C)C)cc2)sc2c1CCN(C(C)=O)C2. The highest BCUT2D eigenvalue weighted by Gasteiger charge is 2.42. The first-order chi connectivity index (χ1) is 17.8. The normalized spacial score (nSPS) is 17.0. The Balaban J connectivity index is 1.59. The number of thiophene rings is 1. The maximum absolute atomic E-state index is 13.1. The van der Waals surface area contributed by atoms with Gasteiger partial charge in [-0.2, -0.15) is 4.31 Å². The third kappa shape index (κ3) is 5.43. The minimum atomic E-state index is -3.83. The van der Waals surface area contributed by atoms with Crippen molar-refractivity contribution in [3.05, 3.63) is 45.8 Å². The molecule has 0 radical (unpaired) electrons. The Hall–Kier alpha value is -3.33. The molecule has 1 aromatic carbocycles. The number of ether oxygens (including phenoxy) is 1. The smallest absolute Gasteiger partial charge is 0.272 e. The molecule has 1 fully saturated rings. The lowest BCUT2D eigenvalue weighted by Gasteiger charge is -2.28. The number of carbonyl (C=O) groups excluding carboxylic acids is 4. The van der Waals surface area contributed by atoms with Crippen molar-refractivity contribution >= 4 is 50.0 Å². The minimum Gasteiger partial charge on any atom is -0.363 e. The highest BCUT2D eigenvalue weighted by atomic mass is 32.2. The fourth-order valence-electron chi connectivity index (χ4n) is 4.31. The molecule has 0 aliphatic carbocycles. The average Bonchev–Trinajstić information content (AvgIpc) is 3.41. The van der Waals surface area contributed by atoms with Crippen LogP contribution in [0.4, 0.5) is 5.00 Å².